The molecule has 4 aliphatic carbocycles. The van der Waals surface area contributed by atoms with Crippen molar-refractivity contribution in [2.24, 2.45) is 28.1 Å². The minimum absolute atomic E-state index is 0.193. The van der Waals surface area contributed by atoms with Gasteiger partial charge in [-0.15, -0.1) is 0 Å². The molecule has 1 aromatic rings. The lowest BCUT2D eigenvalue weighted by Crippen LogP contribution is -2.56. The minimum Gasteiger partial charge on any atom is -0.469 e. The highest BCUT2D eigenvalue weighted by molar-refractivity contribution is 6.01. The number of benzene rings is 1. The zero-order valence-corrected chi connectivity index (χ0v) is 14.5. The van der Waals surface area contributed by atoms with Gasteiger partial charge in [0.15, 0.2) is 0 Å². The second-order valence-corrected chi connectivity index (χ2v) is 8.35. The molecule has 4 nitrogen and oxygen atoms in total. The van der Waals surface area contributed by atoms with Gasteiger partial charge in [-0.1, -0.05) is 38.1 Å². The molecule has 2 unspecified atom stereocenters. The van der Waals surface area contributed by atoms with Gasteiger partial charge in [-0.25, -0.2) is 0 Å². The van der Waals surface area contributed by atoms with Crippen LogP contribution in [0.2, 0.25) is 0 Å². The van der Waals surface area contributed by atoms with Gasteiger partial charge in [0.25, 0.3) is 0 Å². The summed E-state index contributed by atoms with van der Waals surface area (Å²) in [5.41, 5.74) is 0.870. The molecule has 0 N–H and O–H groups in total. The van der Waals surface area contributed by atoms with E-state index >= 15 is 0 Å². The SMILES string of the molecule is COC(=O)[C@@]12C3C([C@@H]4C[C@H]3c3ccccc34)[C@]1(C(=O)OC)C2(C)C. The summed E-state index contributed by atoms with van der Waals surface area (Å²) in [4.78, 5) is 25.8. The number of ether oxygens (including phenoxy) is 2. The Kier molecular flexibility index (Phi) is 2.34. The molecule has 4 heteroatoms. The van der Waals surface area contributed by atoms with Gasteiger partial charge in [0, 0.05) is 0 Å². The molecule has 126 valence electrons. The average Bonchev–Trinajstić information content (AvgIpc) is 2.90. The number of carbonyl (C=O) groups excluding carboxylic acids is 2. The van der Waals surface area contributed by atoms with Crippen LogP contribution in [0.1, 0.15) is 43.2 Å². The monoisotopic (exact) mass is 326 g/mol. The van der Waals surface area contributed by atoms with Crippen molar-refractivity contribution in [2.75, 3.05) is 14.2 Å². The van der Waals surface area contributed by atoms with Gasteiger partial charge in [-0.2, -0.15) is 0 Å². The van der Waals surface area contributed by atoms with Gasteiger partial charge >= 0.3 is 11.9 Å². The number of hydrogen-bond donors (Lipinski definition) is 0. The van der Waals surface area contributed by atoms with Crippen LogP contribution in [0.4, 0.5) is 0 Å². The predicted molar refractivity (Wildman–Crippen MR) is 86.2 cm³/mol. The molecule has 5 rings (SSSR count). The molecule has 4 aliphatic rings. The van der Waals surface area contributed by atoms with Crippen LogP contribution in [0.3, 0.4) is 0 Å². The molecular formula is C20H22O4. The maximum atomic E-state index is 12.9. The standard InChI is InChI=1S/C20H22O4/c1-18(2)19(16(21)23-3)14-12-9-13(11-8-6-5-7-10(11)12)15(14)20(18,19)17(22)24-4/h5-8,12-15H,9H2,1-4H3/t12-,13+,14?,15?,19+,20-. The molecule has 3 saturated carbocycles. The van der Waals surface area contributed by atoms with E-state index in [9.17, 15) is 9.59 Å². The molecule has 0 saturated heterocycles. The lowest BCUT2D eigenvalue weighted by atomic mass is 9.51. The maximum absolute atomic E-state index is 12.9. The second-order valence-electron chi connectivity index (χ2n) is 8.35. The Balaban J connectivity index is 1.73. The average molecular weight is 326 g/mol. The van der Waals surface area contributed by atoms with Crippen molar-refractivity contribution in [2.45, 2.75) is 32.1 Å². The third-order valence-electron chi connectivity index (χ3n) is 8.10. The molecule has 6 atom stereocenters. The molecule has 0 aromatic heterocycles. The van der Waals surface area contributed by atoms with Crippen LogP contribution in [0.25, 0.3) is 0 Å². The quantitative estimate of drug-likeness (QED) is 0.619. The van der Waals surface area contributed by atoms with E-state index < -0.39 is 16.2 Å². The Morgan fingerprint density at radius 1 is 0.917 bits per heavy atom. The van der Waals surface area contributed by atoms with Crippen molar-refractivity contribution in [3.63, 3.8) is 0 Å². The van der Waals surface area contributed by atoms with E-state index in [1.165, 1.54) is 25.3 Å². The summed E-state index contributed by atoms with van der Waals surface area (Å²) in [5.74, 6) is 0.635. The molecule has 0 spiro atoms. The van der Waals surface area contributed by atoms with Crippen molar-refractivity contribution in [1.82, 2.24) is 0 Å². The van der Waals surface area contributed by atoms with E-state index in [-0.39, 0.29) is 23.8 Å². The van der Waals surface area contributed by atoms with Crippen LogP contribution < -0.4 is 0 Å². The van der Waals surface area contributed by atoms with Crippen molar-refractivity contribution >= 4 is 11.9 Å². The predicted octanol–water partition coefficient (Wildman–Crippen LogP) is 2.88. The van der Waals surface area contributed by atoms with Crippen molar-refractivity contribution in [3.05, 3.63) is 35.4 Å². The fraction of sp³-hybridized carbons (Fsp3) is 0.600. The van der Waals surface area contributed by atoms with E-state index in [0.29, 0.717) is 11.8 Å². The summed E-state index contributed by atoms with van der Waals surface area (Å²) in [6, 6.07) is 8.52. The zero-order valence-electron chi connectivity index (χ0n) is 14.5. The normalized spacial score (nSPS) is 44.7. The highest BCUT2D eigenvalue weighted by Crippen LogP contribution is 2.99. The van der Waals surface area contributed by atoms with Crippen LogP contribution in [0.15, 0.2) is 24.3 Å². The maximum Gasteiger partial charge on any atom is 0.313 e. The summed E-state index contributed by atoms with van der Waals surface area (Å²) in [6.45, 7) is 4.09. The molecular weight excluding hydrogens is 304 g/mol. The van der Waals surface area contributed by atoms with Crippen molar-refractivity contribution in [3.8, 4) is 0 Å². The molecule has 2 bridgehead atoms. The van der Waals surface area contributed by atoms with Gasteiger partial charge in [0.1, 0.15) is 0 Å². The van der Waals surface area contributed by atoms with E-state index in [2.05, 4.69) is 24.3 Å². The van der Waals surface area contributed by atoms with E-state index in [1.807, 2.05) is 13.8 Å². The third kappa shape index (κ3) is 0.997. The van der Waals surface area contributed by atoms with Gasteiger partial charge in [-0.3, -0.25) is 9.59 Å². The van der Waals surface area contributed by atoms with E-state index in [1.54, 1.807) is 0 Å². The van der Waals surface area contributed by atoms with Crippen LogP contribution in [-0.4, -0.2) is 26.2 Å². The Hall–Kier alpha value is -1.84. The van der Waals surface area contributed by atoms with E-state index in [4.69, 9.17) is 9.47 Å². The number of fused-ring (bicyclic) bond motifs is 11. The molecule has 3 fully saturated rings. The number of methoxy groups -OCH3 is 2. The topological polar surface area (TPSA) is 52.6 Å². The molecule has 0 amide bonds. The third-order valence-corrected chi connectivity index (χ3v) is 8.10. The summed E-state index contributed by atoms with van der Waals surface area (Å²) < 4.78 is 10.4. The van der Waals surface area contributed by atoms with Crippen LogP contribution in [0.5, 0.6) is 0 Å². The van der Waals surface area contributed by atoms with Gasteiger partial charge < -0.3 is 9.47 Å². The Labute approximate surface area is 141 Å². The lowest BCUT2D eigenvalue weighted by Gasteiger charge is -2.50. The van der Waals surface area contributed by atoms with Crippen LogP contribution in [0, 0.1) is 28.1 Å². The fourth-order valence-electron chi connectivity index (χ4n) is 7.67. The highest BCUT2D eigenvalue weighted by Gasteiger charge is 3.04. The lowest BCUT2D eigenvalue weighted by molar-refractivity contribution is -0.178. The number of carbonyl (C=O) groups is 2. The summed E-state index contributed by atoms with van der Waals surface area (Å²) in [6.07, 6.45) is 1.04. The van der Waals surface area contributed by atoms with Crippen LogP contribution in [-0.2, 0) is 19.1 Å². The van der Waals surface area contributed by atoms with Gasteiger partial charge in [0.05, 0.1) is 25.0 Å². The minimum atomic E-state index is -0.723. The molecule has 1 aromatic carbocycles. The molecule has 24 heavy (non-hydrogen) atoms. The number of rotatable bonds is 2. The van der Waals surface area contributed by atoms with Crippen molar-refractivity contribution in [1.29, 1.82) is 0 Å². The molecule has 0 radical (unpaired) electrons. The zero-order chi connectivity index (χ0) is 17.1. The molecule has 0 aliphatic heterocycles. The van der Waals surface area contributed by atoms with Crippen molar-refractivity contribution < 1.29 is 19.1 Å². The highest BCUT2D eigenvalue weighted by atomic mass is 16.5. The number of esters is 2. The first kappa shape index (κ1) is 14.5. The Bertz CT molecular complexity index is 734. The second kappa shape index (κ2) is 3.87. The van der Waals surface area contributed by atoms with E-state index in [0.717, 1.165) is 6.42 Å². The summed E-state index contributed by atoms with van der Waals surface area (Å²) >= 11 is 0. The smallest absolute Gasteiger partial charge is 0.313 e. The summed E-state index contributed by atoms with van der Waals surface area (Å²) in [7, 11) is 2.87. The number of hydrogen-bond acceptors (Lipinski definition) is 4. The first-order chi connectivity index (χ1) is 11.4. The largest absolute Gasteiger partial charge is 0.469 e. The summed E-state index contributed by atoms with van der Waals surface area (Å²) in [5, 5.41) is 0. The first-order valence-electron chi connectivity index (χ1n) is 8.68. The first-order valence-corrected chi connectivity index (χ1v) is 8.68. The Morgan fingerprint density at radius 3 is 1.71 bits per heavy atom. The van der Waals surface area contributed by atoms with Crippen LogP contribution >= 0.6 is 0 Å². The van der Waals surface area contributed by atoms with Gasteiger partial charge in [0.2, 0.25) is 0 Å². The fourth-order valence-corrected chi connectivity index (χ4v) is 7.67. The molecule has 0 heterocycles. The van der Waals surface area contributed by atoms with Gasteiger partial charge in [-0.05, 0) is 46.6 Å². The Morgan fingerprint density at radius 2 is 1.33 bits per heavy atom.